The summed E-state index contributed by atoms with van der Waals surface area (Å²) >= 11 is 0. The molecule has 180 valence electrons. The van der Waals surface area contributed by atoms with Crippen molar-refractivity contribution in [3.05, 3.63) is 106 Å². The molecule has 0 N–H and O–H groups in total. The van der Waals surface area contributed by atoms with E-state index in [4.69, 9.17) is 14.3 Å². The maximum Gasteiger partial charge on any atom is 0.341 e. The second-order valence-corrected chi connectivity index (χ2v) is 8.15. The SMILES string of the molecule is COc1ccc([C@H]2C[C@@](OC(=O)c3ccc([N+](=O)[O-])cc3)(C(C)=O)ON2Cc2ccccc2)cc1. The predicted octanol–water partition coefficient (Wildman–Crippen LogP) is 4.62. The Labute approximate surface area is 201 Å². The van der Waals surface area contributed by atoms with Crippen LogP contribution in [0, 0.1) is 10.1 Å². The number of hydrogen-bond donors (Lipinski definition) is 0. The number of hydrogen-bond acceptors (Lipinski definition) is 8. The number of esters is 1. The van der Waals surface area contributed by atoms with Crippen LogP contribution < -0.4 is 4.74 Å². The minimum Gasteiger partial charge on any atom is -0.497 e. The third-order valence-electron chi connectivity index (χ3n) is 5.86. The summed E-state index contributed by atoms with van der Waals surface area (Å²) in [4.78, 5) is 42.2. The van der Waals surface area contributed by atoms with Crippen molar-refractivity contribution < 1.29 is 28.8 Å². The Balaban J connectivity index is 1.64. The summed E-state index contributed by atoms with van der Waals surface area (Å²) in [5.41, 5.74) is 1.72. The van der Waals surface area contributed by atoms with Gasteiger partial charge >= 0.3 is 5.97 Å². The number of Topliss-reactive ketones (excluding diaryl/α,β-unsaturated/α-hetero) is 1. The maximum atomic E-state index is 12.9. The van der Waals surface area contributed by atoms with E-state index in [1.807, 2.05) is 54.6 Å². The van der Waals surface area contributed by atoms with E-state index in [9.17, 15) is 19.7 Å². The molecule has 0 bridgehead atoms. The third kappa shape index (κ3) is 5.21. The molecule has 0 saturated carbocycles. The fourth-order valence-electron chi connectivity index (χ4n) is 3.93. The number of non-ortho nitro benzene ring substituents is 1. The lowest BCUT2D eigenvalue weighted by Gasteiger charge is -2.26. The zero-order valence-electron chi connectivity index (χ0n) is 19.2. The van der Waals surface area contributed by atoms with E-state index in [1.54, 1.807) is 12.2 Å². The van der Waals surface area contributed by atoms with Crippen LogP contribution in [0.5, 0.6) is 5.75 Å². The fourth-order valence-corrected chi connectivity index (χ4v) is 3.93. The van der Waals surface area contributed by atoms with Crippen molar-refractivity contribution in [2.24, 2.45) is 0 Å². The molecule has 3 aromatic rings. The monoisotopic (exact) mass is 476 g/mol. The minimum absolute atomic E-state index is 0.0697. The zero-order valence-corrected chi connectivity index (χ0v) is 19.2. The Bertz CT molecular complexity index is 1210. The first-order valence-corrected chi connectivity index (χ1v) is 10.9. The second kappa shape index (κ2) is 10.0. The van der Waals surface area contributed by atoms with Crippen molar-refractivity contribution in [3.8, 4) is 5.75 Å². The number of nitrogens with zero attached hydrogens (tertiary/aromatic N) is 2. The number of rotatable bonds is 8. The van der Waals surface area contributed by atoms with E-state index in [-0.39, 0.29) is 17.7 Å². The van der Waals surface area contributed by atoms with Gasteiger partial charge in [0.2, 0.25) is 5.78 Å². The first kappa shape index (κ1) is 24.1. The van der Waals surface area contributed by atoms with Gasteiger partial charge in [0, 0.05) is 32.0 Å². The van der Waals surface area contributed by atoms with Crippen LogP contribution in [-0.2, 0) is 20.9 Å². The van der Waals surface area contributed by atoms with Gasteiger partial charge in [-0.15, -0.1) is 0 Å². The molecule has 1 aliphatic rings. The summed E-state index contributed by atoms with van der Waals surface area (Å²) in [7, 11) is 1.58. The average molecular weight is 476 g/mol. The molecule has 0 spiro atoms. The number of ether oxygens (including phenoxy) is 2. The molecule has 3 aromatic carbocycles. The van der Waals surface area contributed by atoms with E-state index in [1.165, 1.54) is 31.2 Å². The average Bonchev–Trinajstić information content (AvgIpc) is 3.23. The van der Waals surface area contributed by atoms with E-state index < -0.39 is 28.5 Å². The highest BCUT2D eigenvalue weighted by molar-refractivity contribution is 5.93. The molecule has 1 saturated heterocycles. The minimum atomic E-state index is -1.85. The molecule has 35 heavy (non-hydrogen) atoms. The van der Waals surface area contributed by atoms with Crippen LogP contribution in [0.1, 0.15) is 40.9 Å². The van der Waals surface area contributed by atoms with Gasteiger partial charge in [-0.1, -0.05) is 42.5 Å². The van der Waals surface area contributed by atoms with Crippen molar-refractivity contribution in [2.45, 2.75) is 31.7 Å². The van der Waals surface area contributed by atoms with Gasteiger partial charge in [-0.25, -0.2) is 9.63 Å². The van der Waals surface area contributed by atoms with Gasteiger partial charge in [0.15, 0.2) is 0 Å². The Morgan fingerprint density at radius 3 is 2.29 bits per heavy atom. The lowest BCUT2D eigenvalue weighted by molar-refractivity contribution is -0.384. The Morgan fingerprint density at radius 1 is 1.06 bits per heavy atom. The van der Waals surface area contributed by atoms with Crippen LogP contribution in [0.3, 0.4) is 0 Å². The van der Waals surface area contributed by atoms with E-state index in [0.717, 1.165) is 11.1 Å². The highest BCUT2D eigenvalue weighted by atomic mass is 16.8. The molecule has 0 amide bonds. The third-order valence-corrected chi connectivity index (χ3v) is 5.86. The van der Waals surface area contributed by atoms with Crippen LogP contribution in [0.15, 0.2) is 78.9 Å². The number of methoxy groups -OCH3 is 1. The zero-order chi connectivity index (χ0) is 25.0. The lowest BCUT2D eigenvalue weighted by atomic mass is 9.97. The summed E-state index contributed by atoms with van der Waals surface area (Å²) in [5, 5.41) is 12.6. The summed E-state index contributed by atoms with van der Waals surface area (Å²) in [6, 6.07) is 21.5. The second-order valence-electron chi connectivity index (χ2n) is 8.15. The Kier molecular flexibility index (Phi) is 6.90. The van der Waals surface area contributed by atoms with Crippen molar-refractivity contribution in [1.82, 2.24) is 5.06 Å². The van der Waals surface area contributed by atoms with Crippen LogP contribution in [0.2, 0.25) is 0 Å². The molecule has 1 heterocycles. The summed E-state index contributed by atoms with van der Waals surface area (Å²) in [5.74, 6) is -2.45. The topological polar surface area (TPSA) is 108 Å². The number of carbonyl (C=O) groups excluding carboxylic acids is 2. The van der Waals surface area contributed by atoms with E-state index >= 15 is 0 Å². The molecule has 9 heteroatoms. The number of carbonyl (C=O) groups is 2. The molecule has 0 unspecified atom stereocenters. The number of hydroxylamine groups is 2. The molecule has 1 aliphatic heterocycles. The summed E-state index contributed by atoms with van der Waals surface area (Å²) in [6.45, 7) is 1.65. The van der Waals surface area contributed by atoms with Gasteiger partial charge < -0.3 is 9.47 Å². The Hall–Kier alpha value is -4.08. The number of ketones is 1. The van der Waals surface area contributed by atoms with Gasteiger partial charge in [-0.3, -0.25) is 14.9 Å². The van der Waals surface area contributed by atoms with Crippen LogP contribution in [0.25, 0.3) is 0 Å². The van der Waals surface area contributed by atoms with Crippen molar-refractivity contribution in [2.75, 3.05) is 7.11 Å². The molecular formula is C26H24N2O7. The number of benzene rings is 3. The molecule has 1 fully saturated rings. The Morgan fingerprint density at radius 2 is 1.71 bits per heavy atom. The van der Waals surface area contributed by atoms with Gasteiger partial charge in [-0.2, -0.15) is 5.06 Å². The van der Waals surface area contributed by atoms with Gasteiger partial charge in [0.25, 0.3) is 11.5 Å². The fraction of sp³-hybridized carbons (Fsp3) is 0.231. The predicted molar refractivity (Wildman–Crippen MR) is 125 cm³/mol. The van der Waals surface area contributed by atoms with Crippen molar-refractivity contribution >= 4 is 17.4 Å². The quantitative estimate of drug-likeness (QED) is 0.263. The molecule has 4 rings (SSSR count). The summed E-state index contributed by atoms with van der Waals surface area (Å²) < 4.78 is 10.9. The van der Waals surface area contributed by atoms with Gasteiger partial charge in [0.05, 0.1) is 23.6 Å². The van der Waals surface area contributed by atoms with Crippen LogP contribution in [-0.4, -0.2) is 34.6 Å². The van der Waals surface area contributed by atoms with E-state index in [2.05, 4.69) is 0 Å². The largest absolute Gasteiger partial charge is 0.497 e. The number of nitro groups is 1. The maximum absolute atomic E-state index is 12.9. The van der Waals surface area contributed by atoms with Crippen molar-refractivity contribution in [1.29, 1.82) is 0 Å². The first-order chi connectivity index (χ1) is 16.8. The lowest BCUT2D eigenvalue weighted by Crippen LogP contribution is -2.42. The molecule has 2 atom stereocenters. The smallest absolute Gasteiger partial charge is 0.341 e. The first-order valence-electron chi connectivity index (χ1n) is 10.9. The van der Waals surface area contributed by atoms with Crippen molar-refractivity contribution in [3.63, 3.8) is 0 Å². The highest BCUT2D eigenvalue weighted by Crippen LogP contribution is 2.43. The molecular weight excluding hydrogens is 452 g/mol. The summed E-state index contributed by atoms with van der Waals surface area (Å²) in [6.07, 6.45) is 0.0697. The standard InChI is InChI=1S/C26H24N2O7/c1-18(29)26(34-25(30)21-8-12-22(13-9-21)28(31)32)16-24(20-10-14-23(33-2)15-11-20)27(35-26)17-19-6-4-3-5-7-19/h3-15,24H,16-17H2,1-2H3/t24-,26+/m1/s1. The van der Waals surface area contributed by atoms with E-state index in [0.29, 0.717) is 12.3 Å². The molecule has 0 radical (unpaired) electrons. The van der Waals surface area contributed by atoms with Crippen LogP contribution >= 0.6 is 0 Å². The van der Waals surface area contributed by atoms with Gasteiger partial charge in [0.1, 0.15) is 5.75 Å². The van der Waals surface area contributed by atoms with Gasteiger partial charge in [-0.05, 0) is 35.4 Å². The normalized spacial score (nSPS) is 19.8. The molecule has 0 aromatic heterocycles. The molecule has 0 aliphatic carbocycles. The number of nitro benzene ring substituents is 1. The highest BCUT2D eigenvalue weighted by Gasteiger charge is 2.53. The molecule has 9 nitrogen and oxygen atoms in total. The van der Waals surface area contributed by atoms with Crippen LogP contribution in [0.4, 0.5) is 5.69 Å².